The number of aromatic hydroxyl groups is 4. The minimum Gasteiger partial charge on any atom is -0.508 e. The summed E-state index contributed by atoms with van der Waals surface area (Å²) in [6, 6.07) is 28.7. The van der Waals surface area contributed by atoms with Crippen molar-refractivity contribution in [3.63, 3.8) is 0 Å². The zero-order valence-electron chi connectivity index (χ0n) is 20.0. The molecule has 0 aliphatic rings. The monoisotopic (exact) mass is 474 g/mol. The van der Waals surface area contributed by atoms with Crippen LogP contribution in [-0.2, 0) is 0 Å². The van der Waals surface area contributed by atoms with E-state index in [1.807, 2.05) is 48.5 Å². The van der Waals surface area contributed by atoms with Gasteiger partial charge in [0.05, 0.1) is 0 Å². The minimum absolute atomic E-state index is 0.193. The van der Waals surface area contributed by atoms with E-state index in [2.05, 4.69) is 13.8 Å². The third-order valence-electron chi connectivity index (χ3n) is 6.62. The Labute approximate surface area is 210 Å². The Hall–Kier alpha value is -4.70. The predicted octanol–water partition coefficient (Wildman–Crippen LogP) is 7.79. The topological polar surface area (TPSA) is 80.9 Å². The lowest BCUT2D eigenvalue weighted by Crippen LogP contribution is -2.01. The van der Waals surface area contributed by atoms with E-state index < -0.39 is 0 Å². The first-order valence-electron chi connectivity index (χ1n) is 11.7. The van der Waals surface area contributed by atoms with Gasteiger partial charge < -0.3 is 20.4 Å². The van der Waals surface area contributed by atoms with Crippen molar-refractivity contribution >= 4 is 0 Å². The zero-order chi connectivity index (χ0) is 25.4. The lowest BCUT2D eigenvalue weighted by Gasteiger charge is -2.25. The first kappa shape index (κ1) is 23.1. The lowest BCUT2D eigenvalue weighted by atomic mass is 9.78. The highest BCUT2D eigenvalue weighted by Gasteiger charge is 2.23. The molecule has 0 radical (unpaired) electrons. The Morgan fingerprint density at radius 2 is 0.472 bits per heavy atom. The summed E-state index contributed by atoms with van der Waals surface area (Å²) in [7, 11) is 0. The molecule has 0 saturated carbocycles. The fraction of sp³-hybridized carbons (Fsp3) is 0.0625. The maximum Gasteiger partial charge on any atom is 0.115 e. The van der Waals surface area contributed by atoms with Crippen LogP contribution in [0.4, 0.5) is 0 Å². The molecule has 0 aliphatic heterocycles. The molecule has 0 unspecified atom stereocenters. The van der Waals surface area contributed by atoms with E-state index in [0.717, 1.165) is 55.6 Å². The molecule has 0 atom stereocenters. The van der Waals surface area contributed by atoms with E-state index in [0.29, 0.717) is 0 Å². The van der Waals surface area contributed by atoms with E-state index in [4.69, 9.17) is 0 Å². The Morgan fingerprint density at radius 3 is 0.639 bits per heavy atom. The van der Waals surface area contributed by atoms with Crippen LogP contribution in [0.5, 0.6) is 23.0 Å². The molecular formula is C32H26O4. The number of phenolic OH excluding ortho intramolecular Hbond substituents is 4. The van der Waals surface area contributed by atoms with Gasteiger partial charge in [-0.2, -0.15) is 0 Å². The summed E-state index contributed by atoms with van der Waals surface area (Å²) < 4.78 is 0. The zero-order valence-corrected chi connectivity index (χ0v) is 20.0. The first-order chi connectivity index (χ1) is 17.3. The molecule has 4 heteroatoms. The molecule has 4 nitrogen and oxygen atoms in total. The van der Waals surface area contributed by atoms with Gasteiger partial charge in [-0.05, 0) is 118 Å². The van der Waals surface area contributed by atoms with Gasteiger partial charge in [0.25, 0.3) is 0 Å². The maximum atomic E-state index is 9.95. The number of hydrogen-bond donors (Lipinski definition) is 4. The lowest BCUT2D eigenvalue weighted by molar-refractivity contribution is 0.475. The third-order valence-corrected chi connectivity index (χ3v) is 6.62. The Kier molecular flexibility index (Phi) is 5.87. The maximum absolute atomic E-state index is 9.95. The molecule has 0 spiro atoms. The second-order valence-corrected chi connectivity index (χ2v) is 8.94. The standard InChI is InChI=1S/C32H26O4/c1-19-29(21-3-11-25(33)12-4-21)31(23-7-15-27(35)16-8-23)20(2)32(24-9-17-28(36)18-10-24)30(19)22-5-13-26(34)14-6-22/h3-18,33-36H,1-2H3. The summed E-state index contributed by atoms with van der Waals surface area (Å²) in [4.78, 5) is 0. The summed E-state index contributed by atoms with van der Waals surface area (Å²) in [6.07, 6.45) is 0. The van der Waals surface area contributed by atoms with Crippen molar-refractivity contribution in [2.24, 2.45) is 0 Å². The van der Waals surface area contributed by atoms with E-state index in [1.165, 1.54) is 0 Å². The molecule has 0 fully saturated rings. The van der Waals surface area contributed by atoms with Crippen LogP contribution in [0.2, 0.25) is 0 Å². The molecule has 0 heterocycles. The summed E-state index contributed by atoms with van der Waals surface area (Å²) in [6.45, 7) is 4.16. The fourth-order valence-corrected chi connectivity index (χ4v) is 4.96. The van der Waals surface area contributed by atoms with Gasteiger partial charge in [-0.3, -0.25) is 0 Å². The van der Waals surface area contributed by atoms with Crippen molar-refractivity contribution in [3.8, 4) is 67.5 Å². The van der Waals surface area contributed by atoms with Crippen molar-refractivity contribution in [1.29, 1.82) is 0 Å². The van der Waals surface area contributed by atoms with Crippen molar-refractivity contribution in [1.82, 2.24) is 0 Å². The highest BCUT2D eigenvalue weighted by Crippen LogP contribution is 2.48. The number of rotatable bonds is 4. The molecule has 0 bridgehead atoms. The molecular weight excluding hydrogens is 448 g/mol. The van der Waals surface area contributed by atoms with Gasteiger partial charge in [-0.1, -0.05) is 48.5 Å². The Bertz CT molecular complexity index is 1300. The van der Waals surface area contributed by atoms with Gasteiger partial charge in [0.1, 0.15) is 23.0 Å². The van der Waals surface area contributed by atoms with E-state index in [-0.39, 0.29) is 23.0 Å². The van der Waals surface area contributed by atoms with Gasteiger partial charge in [-0.15, -0.1) is 0 Å². The van der Waals surface area contributed by atoms with Crippen LogP contribution in [0.15, 0.2) is 97.1 Å². The normalized spacial score (nSPS) is 10.9. The summed E-state index contributed by atoms with van der Waals surface area (Å²) in [5, 5.41) is 39.8. The molecule has 5 aromatic carbocycles. The third kappa shape index (κ3) is 4.14. The number of phenols is 4. The highest BCUT2D eigenvalue weighted by atomic mass is 16.3. The van der Waals surface area contributed by atoms with Gasteiger partial charge in [0.15, 0.2) is 0 Å². The van der Waals surface area contributed by atoms with Crippen LogP contribution in [-0.4, -0.2) is 20.4 Å². The average molecular weight is 475 g/mol. The highest BCUT2D eigenvalue weighted by molar-refractivity contribution is 6.01. The van der Waals surface area contributed by atoms with Gasteiger partial charge in [0, 0.05) is 0 Å². The van der Waals surface area contributed by atoms with E-state index in [9.17, 15) is 20.4 Å². The predicted molar refractivity (Wildman–Crippen MR) is 144 cm³/mol. The molecule has 178 valence electrons. The molecule has 4 N–H and O–H groups in total. The summed E-state index contributed by atoms with van der Waals surface area (Å²) >= 11 is 0. The summed E-state index contributed by atoms with van der Waals surface area (Å²) in [5.41, 5.74) is 9.94. The van der Waals surface area contributed by atoms with Gasteiger partial charge >= 0.3 is 0 Å². The van der Waals surface area contributed by atoms with E-state index in [1.54, 1.807) is 48.5 Å². The second-order valence-electron chi connectivity index (χ2n) is 8.94. The Balaban J connectivity index is 1.94. The van der Waals surface area contributed by atoms with Crippen LogP contribution >= 0.6 is 0 Å². The van der Waals surface area contributed by atoms with Gasteiger partial charge in [-0.25, -0.2) is 0 Å². The Morgan fingerprint density at radius 1 is 0.306 bits per heavy atom. The van der Waals surface area contributed by atoms with Crippen LogP contribution in [0, 0.1) is 13.8 Å². The molecule has 0 saturated heterocycles. The summed E-state index contributed by atoms with van der Waals surface area (Å²) in [5.74, 6) is 0.773. The minimum atomic E-state index is 0.193. The average Bonchev–Trinajstić information content (AvgIpc) is 2.87. The van der Waals surface area contributed by atoms with Crippen LogP contribution in [0.3, 0.4) is 0 Å². The van der Waals surface area contributed by atoms with Crippen molar-refractivity contribution in [2.45, 2.75) is 13.8 Å². The van der Waals surface area contributed by atoms with Crippen molar-refractivity contribution < 1.29 is 20.4 Å². The van der Waals surface area contributed by atoms with Crippen LogP contribution in [0.25, 0.3) is 44.5 Å². The largest absolute Gasteiger partial charge is 0.508 e. The smallest absolute Gasteiger partial charge is 0.115 e. The number of benzene rings is 5. The molecule has 5 aromatic rings. The van der Waals surface area contributed by atoms with Crippen molar-refractivity contribution in [3.05, 3.63) is 108 Å². The first-order valence-corrected chi connectivity index (χ1v) is 11.7. The van der Waals surface area contributed by atoms with E-state index >= 15 is 0 Å². The SMILES string of the molecule is Cc1c(-c2ccc(O)cc2)c(-c2ccc(O)cc2)c(C)c(-c2ccc(O)cc2)c1-c1ccc(O)cc1. The second kappa shape index (κ2) is 9.16. The van der Waals surface area contributed by atoms with Gasteiger partial charge in [0.2, 0.25) is 0 Å². The fourth-order valence-electron chi connectivity index (χ4n) is 4.96. The molecule has 5 rings (SSSR count). The van der Waals surface area contributed by atoms with Crippen LogP contribution in [0.1, 0.15) is 11.1 Å². The van der Waals surface area contributed by atoms with Crippen LogP contribution < -0.4 is 0 Å². The molecule has 0 aliphatic carbocycles. The quantitative estimate of drug-likeness (QED) is 0.214. The molecule has 36 heavy (non-hydrogen) atoms. The van der Waals surface area contributed by atoms with Crippen molar-refractivity contribution in [2.75, 3.05) is 0 Å². The molecule has 0 amide bonds. The number of hydrogen-bond acceptors (Lipinski definition) is 4. The molecule has 0 aromatic heterocycles.